The first kappa shape index (κ1) is 21.6. The third kappa shape index (κ3) is 4.09. The molecule has 0 saturated carbocycles. The standard InChI is InChI=1S/C23H14ClF3N2O3/c24-19-9-8-15(11-18(19)23(25,26)27)28-20(30)14-5-3-4-13(10-14)12-29-21(31)16-6-1-2-7-17(16)22(29)32/h1-11H,12H2,(H,28,30). The topological polar surface area (TPSA) is 66.5 Å². The first-order valence-electron chi connectivity index (χ1n) is 9.37. The molecule has 3 amide bonds. The number of halogens is 4. The van der Waals surface area contributed by atoms with E-state index in [1.807, 2.05) is 0 Å². The lowest BCUT2D eigenvalue weighted by Gasteiger charge is -2.15. The molecule has 0 radical (unpaired) electrons. The molecule has 0 saturated heterocycles. The first-order valence-corrected chi connectivity index (χ1v) is 9.75. The van der Waals surface area contributed by atoms with E-state index in [1.165, 1.54) is 18.2 Å². The molecule has 0 spiro atoms. The van der Waals surface area contributed by atoms with Crippen molar-refractivity contribution in [2.45, 2.75) is 12.7 Å². The Kier molecular flexibility index (Phi) is 5.48. The lowest BCUT2D eigenvalue weighted by atomic mass is 10.1. The van der Waals surface area contributed by atoms with Crippen molar-refractivity contribution < 1.29 is 27.6 Å². The van der Waals surface area contributed by atoms with Gasteiger partial charge in [-0.1, -0.05) is 35.9 Å². The largest absolute Gasteiger partial charge is 0.417 e. The van der Waals surface area contributed by atoms with E-state index in [0.29, 0.717) is 16.7 Å². The van der Waals surface area contributed by atoms with Gasteiger partial charge >= 0.3 is 6.18 Å². The fourth-order valence-corrected chi connectivity index (χ4v) is 3.62. The zero-order valence-electron chi connectivity index (χ0n) is 16.2. The van der Waals surface area contributed by atoms with Crippen molar-refractivity contribution in [3.63, 3.8) is 0 Å². The molecule has 0 aliphatic carbocycles. The van der Waals surface area contributed by atoms with Crippen molar-refractivity contribution in [3.05, 3.63) is 99.6 Å². The summed E-state index contributed by atoms with van der Waals surface area (Å²) in [6, 6.07) is 15.7. The highest BCUT2D eigenvalue weighted by atomic mass is 35.5. The molecular formula is C23H14ClF3N2O3. The van der Waals surface area contributed by atoms with Gasteiger partial charge in [0.25, 0.3) is 17.7 Å². The summed E-state index contributed by atoms with van der Waals surface area (Å²) in [4.78, 5) is 38.7. The van der Waals surface area contributed by atoms with E-state index in [1.54, 1.807) is 36.4 Å². The minimum absolute atomic E-state index is 0.0490. The predicted octanol–water partition coefficient (Wildman–Crippen LogP) is 5.41. The molecule has 3 aromatic carbocycles. The Labute approximate surface area is 185 Å². The van der Waals surface area contributed by atoms with Crippen LogP contribution in [0.15, 0.2) is 66.7 Å². The number of amides is 3. The summed E-state index contributed by atoms with van der Waals surface area (Å²) in [5.41, 5.74) is 0.167. The lowest BCUT2D eigenvalue weighted by molar-refractivity contribution is -0.137. The van der Waals surface area contributed by atoms with Gasteiger partial charge in [0, 0.05) is 11.3 Å². The highest BCUT2D eigenvalue weighted by Crippen LogP contribution is 2.36. The highest BCUT2D eigenvalue weighted by Gasteiger charge is 2.35. The number of alkyl halides is 3. The van der Waals surface area contributed by atoms with E-state index in [9.17, 15) is 27.6 Å². The van der Waals surface area contributed by atoms with Gasteiger partial charge in [-0.05, 0) is 48.0 Å². The zero-order chi connectivity index (χ0) is 23.0. The Morgan fingerprint density at radius 2 is 1.56 bits per heavy atom. The third-order valence-corrected chi connectivity index (χ3v) is 5.27. The lowest BCUT2D eigenvalue weighted by Crippen LogP contribution is -2.29. The molecule has 0 unspecified atom stereocenters. The van der Waals surface area contributed by atoms with Crippen LogP contribution in [0.2, 0.25) is 5.02 Å². The van der Waals surface area contributed by atoms with Crippen LogP contribution in [0.4, 0.5) is 18.9 Å². The number of benzene rings is 3. The van der Waals surface area contributed by atoms with Crippen molar-refractivity contribution in [1.82, 2.24) is 4.90 Å². The molecule has 1 heterocycles. The number of hydrogen-bond acceptors (Lipinski definition) is 3. The fraction of sp³-hybridized carbons (Fsp3) is 0.0870. The van der Waals surface area contributed by atoms with E-state index in [2.05, 4.69) is 5.32 Å². The molecule has 1 aliphatic heterocycles. The van der Waals surface area contributed by atoms with Gasteiger partial charge in [-0.25, -0.2) is 0 Å². The quantitative estimate of drug-likeness (QED) is 0.532. The molecule has 0 bridgehead atoms. The molecule has 1 aliphatic rings. The van der Waals surface area contributed by atoms with Gasteiger partial charge in [-0.15, -0.1) is 0 Å². The number of fused-ring (bicyclic) bond motifs is 1. The molecule has 5 nitrogen and oxygen atoms in total. The third-order valence-electron chi connectivity index (χ3n) is 4.94. The smallest absolute Gasteiger partial charge is 0.322 e. The average molecular weight is 459 g/mol. The van der Waals surface area contributed by atoms with Gasteiger partial charge in [0.2, 0.25) is 0 Å². The Morgan fingerprint density at radius 1 is 0.906 bits per heavy atom. The second kappa shape index (κ2) is 8.12. The minimum atomic E-state index is -4.66. The van der Waals surface area contributed by atoms with Gasteiger partial charge < -0.3 is 5.32 Å². The maximum absolute atomic E-state index is 13.0. The number of hydrogen-bond donors (Lipinski definition) is 1. The van der Waals surface area contributed by atoms with E-state index in [4.69, 9.17) is 11.6 Å². The Hall–Kier alpha value is -3.65. The van der Waals surface area contributed by atoms with Crippen LogP contribution in [-0.2, 0) is 12.7 Å². The van der Waals surface area contributed by atoms with Crippen molar-refractivity contribution in [1.29, 1.82) is 0 Å². The molecule has 0 fully saturated rings. The van der Waals surface area contributed by atoms with Gasteiger partial charge in [-0.2, -0.15) is 13.2 Å². The maximum atomic E-state index is 13.0. The van der Waals surface area contributed by atoms with Crippen molar-refractivity contribution >= 4 is 35.0 Å². The summed E-state index contributed by atoms with van der Waals surface area (Å²) in [5.74, 6) is -1.51. The second-order valence-electron chi connectivity index (χ2n) is 7.09. The summed E-state index contributed by atoms with van der Waals surface area (Å²) in [5, 5.41) is 1.93. The number of imide groups is 1. The van der Waals surface area contributed by atoms with E-state index in [0.717, 1.165) is 17.0 Å². The number of nitrogens with zero attached hydrogens (tertiary/aromatic N) is 1. The summed E-state index contributed by atoms with van der Waals surface area (Å²) in [7, 11) is 0. The predicted molar refractivity (Wildman–Crippen MR) is 111 cm³/mol. The van der Waals surface area contributed by atoms with Crippen LogP contribution in [0.3, 0.4) is 0 Å². The Bertz CT molecular complexity index is 1220. The van der Waals surface area contributed by atoms with Gasteiger partial charge in [0.15, 0.2) is 0 Å². The maximum Gasteiger partial charge on any atom is 0.417 e. The van der Waals surface area contributed by atoms with Crippen LogP contribution >= 0.6 is 11.6 Å². The van der Waals surface area contributed by atoms with Crippen LogP contribution < -0.4 is 5.32 Å². The molecule has 4 rings (SSSR count). The molecule has 162 valence electrons. The average Bonchev–Trinajstić information content (AvgIpc) is 2.99. The number of rotatable bonds is 4. The molecular weight excluding hydrogens is 445 g/mol. The molecule has 3 aromatic rings. The number of carbonyl (C=O) groups is 3. The highest BCUT2D eigenvalue weighted by molar-refractivity contribution is 6.31. The van der Waals surface area contributed by atoms with Crippen molar-refractivity contribution in [2.75, 3.05) is 5.32 Å². The van der Waals surface area contributed by atoms with E-state index < -0.39 is 34.5 Å². The van der Waals surface area contributed by atoms with E-state index in [-0.39, 0.29) is 17.8 Å². The molecule has 1 N–H and O–H groups in total. The second-order valence-corrected chi connectivity index (χ2v) is 7.50. The summed E-state index contributed by atoms with van der Waals surface area (Å²) >= 11 is 5.60. The van der Waals surface area contributed by atoms with Crippen LogP contribution in [0.25, 0.3) is 0 Å². The van der Waals surface area contributed by atoms with Crippen LogP contribution in [0.1, 0.15) is 42.2 Å². The normalized spacial score (nSPS) is 13.3. The number of anilines is 1. The summed E-state index contributed by atoms with van der Waals surface area (Å²) in [6.07, 6.45) is -4.66. The van der Waals surface area contributed by atoms with Gasteiger partial charge in [0.05, 0.1) is 28.3 Å². The number of nitrogens with one attached hydrogen (secondary N) is 1. The monoisotopic (exact) mass is 458 g/mol. The molecule has 9 heteroatoms. The van der Waals surface area contributed by atoms with Gasteiger partial charge in [0.1, 0.15) is 0 Å². The van der Waals surface area contributed by atoms with E-state index >= 15 is 0 Å². The Balaban J connectivity index is 1.52. The van der Waals surface area contributed by atoms with Crippen LogP contribution in [-0.4, -0.2) is 22.6 Å². The minimum Gasteiger partial charge on any atom is -0.322 e. The molecule has 0 atom stereocenters. The van der Waals surface area contributed by atoms with Crippen molar-refractivity contribution in [3.8, 4) is 0 Å². The molecule has 0 aromatic heterocycles. The Morgan fingerprint density at radius 3 is 2.19 bits per heavy atom. The van der Waals surface area contributed by atoms with Crippen LogP contribution in [0, 0.1) is 0 Å². The fourth-order valence-electron chi connectivity index (χ4n) is 3.40. The first-order chi connectivity index (χ1) is 15.1. The number of carbonyl (C=O) groups excluding carboxylic acids is 3. The summed E-state index contributed by atoms with van der Waals surface area (Å²) < 4.78 is 39.1. The zero-order valence-corrected chi connectivity index (χ0v) is 17.0. The van der Waals surface area contributed by atoms with Crippen LogP contribution in [0.5, 0.6) is 0 Å². The molecule has 32 heavy (non-hydrogen) atoms. The van der Waals surface area contributed by atoms with Crippen molar-refractivity contribution in [2.24, 2.45) is 0 Å². The summed E-state index contributed by atoms with van der Waals surface area (Å²) in [6.45, 7) is -0.0490. The SMILES string of the molecule is O=C(Nc1ccc(Cl)c(C(F)(F)F)c1)c1cccc(CN2C(=O)c3ccccc3C2=O)c1. The van der Waals surface area contributed by atoms with Gasteiger partial charge in [-0.3, -0.25) is 19.3 Å².